The summed E-state index contributed by atoms with van der Waals surface area (Å²) in [5, 5.41) is 17.0. The second kappa shape index (κ2) is 13.2. The van der Waals surface area contributed by atoms with Crippen molar-refractivity contribution in [2.24, 2.45) is 5.41 Å². The lowest BCUT2D eigenvalue weighted by molar-refractivity contribution is 0.0738. The Bertz CT molecular complexity index is 608. The molecule has 0 radical (unpaired) electrons. The minimum absolute atomic E-state index is 0.0928. The van der Waals surface area contributed by atoms with Crippen LogP contribution in [0, 0.1) is 5.41 Å². The van der Waals surface area contributed by atoms with Crippen molar-refractivity contribution in [3.63, 3.8) is 0 Å². The molecule has 0 spiro atoms. The van der Waals surface area contributed by atoms with Gasteiger partial charge in [0, 0.05) is 31.4 Å². The standard InChI is InChI=1S/C23H37ClN2O4/c1-23(2,11-6-7-12-24)17-26-20(14-18-8-4-3-5-9-18)21(27)15-25-22(28)30-19-10-13-29-16-19/h3-5,8-9,19-21,26-27H,6-7,10-17H2,1-2H3,(H,25,28)/t19-,20?,21+/m0/s1. The molecular formula is C23H37ClN2O4. The molecule has 1 aliphatic heterocycles. The monoisotopic (exact) mass is 440 g/mol. The summed E-state index contributed by atoms with van der Waals surface area (Å²) in [7, 11) is 0. The number of alkyl halides is 1. The molecule has 1 aromatic rings. The summed E-state index contributed by atoms with van der Waals surface area (Å²) in [6.45, 7) is 6.40. The van der Waals surface area contributed by atoms with E-state index in [0.717, 1.165) is 31.4 Å². The summed E-state index contributed by atoms with van der Waals surface area (Å²) in [5.41, 5.74) is 1.23. The number of unbranched alkanes of at least 4 members (excludes halogenated alkanes) is 1. The van der Waals surface area contributed by atoms with Crippen molar-refractivity contribution < 1.29 is 19.4 Å². The van der Waals surface area contributed by atoms with E-state index in [1.807, 2.05) is 18.2 Å². The predicted molar refractivity (Wildman–Crippen MR) is 120 cm³/mol. The molecule has 1 aromatic carbocycles. The molecule has 3 N–H and O–H groups in total. The molecule has 7 heteroatoms. The molecule has 0 aliphatic carbocycles. The first-order chi connectivity index (χ1) is 14.4. The average Bonchev–Trinajstić information content (AvgIpc) is 3.23. The zero-order valence-corrected chi connectivity index (χ0v) is 19.0. The third-order valence-electron chi connectivity index (χ3n) is 5.46. The molecule has 1 amide bonds. The van der Waals surface area contributed by atoms with Crippen LogP contribution in [0.1, 0.15) is 45.1 Å². The van der Waals surface area contributed by atoms with E-state index in [4.69, 9.17) is 21.1 Å². The van der Waals surface area contributed by atoms with Gasteiger partial charge in [0.1, 0.15) is 6.10 Å². The van der Waals surface area contributed by atoms with Gasteiger partial charge >= 0.3 is 6.09 Å². The maximum absolute atomic E-state index is 12.0. The van der Waals surface area contributed by atoms with E-state index >= 15 is 0 Å². The summed E-state index contributed by atoms with van der Waals surface area (Å²) < 4.78 is 10.5. The highest BCUT2D eigenvalue weighted by molar-refractivity contribution is 6.17. The van der Waals surface area contributed by atoms with Crippen LogP contribution < -0.4 is 10.6 Å². The molecular weight excluding hydrogens is 404 g/mol. The summed E-state index contributed by atoms with van der Waals surface area (Å²) in [5.74, 6) is 0.688. The highest BCUT2D eigenvalue weighted by Gasteiger charge is 2.25. The lowest BCUT2D eigenvalue weighted by Crippen LogP contribution is -2.50. The Balaban J connectivity index is 1.88. The van der Waals surface area contributed by atoms with Crippen molar-refractivity contribution >= 4 is 17.7 Å². The Morgan fingerprint density at radius 3 is 2.77 bits per heavy atom. The Morgan fingerprint density at radius 2 is 2.10 bits per heavy atom. The van der Waals surface area contributed by atoms with E-state index in [1.54, 1.807) is 0 Å². The largest absolute Gasteiger partial charge is 0.444 e. The molecule has 0 saturated carbocycles. The number of benzene rings is 1. The van der Waals surface area contributed by atoms with Gasteiger partial charge in [-0.15, -0.1) is 11.6 Å². The molecule has 1 unspecified atom stereocenters. The Morgan fingerprint density at radius 1 is 1.33 bits per heavy atom. The Labute approximate surface area is 185 Å². The summed E-state index contributed by atoms with van der Waals surface area (Å²) in [6.07, 6.45) is 3.10. The van der Waals surface area contributed by atoms with Crippen LogP contribution in [0.15, 0.2) is 30.3 Å². The molecule has 3 atom stereocenters. The zero-order valence-electron chi connectivity index (χ0n) is 18.2. The number of alkyl carbamates (subject to hydrolysis) is 1. The van der Waals surface area contributed by atoms with Crippen LogP contribution in [-0.2, 0) is 15.9 Å². The zero-order chi connectivity index (χ0) is 21.8. The van der Waals surface area contributed by atoms with Gasteiger partial charge in [0.15, 0.2) is 0 Å². The first-order valence-electron chi connectivity index (χ1n) is 10.9. The summed E-state index contributed by atoms with van der Waals surface area (Å²) in [4.78, 5) is 12.0. The summed E-state index contributed by atoms with van der Waals surface area (Å²) >= 11 is 5.80. The van der Waals surface area contributed by atoms with Crippen molar-refractivity contribution in [3.05, 3.63) is 35.9 Å². The minimum atomic E-state index is -0.740. The normalized spacial score (nSPS) is 18.7. The van der Waals surface area contributed by atoms with E-state index in [1.165, 1.54) is 0 Å². The molecule has 1 fully saturated rings. The van der Waals surface area contributed by atoms with Gasteiger partial charge in [-0.25, -0.2) is 4.79 Å². The van der Waals surface area contributed by atoms with E-state index in [0.29, 0.717) is 31.9 Å². The van der Waals surface area contributed by atoms with Crippen LogP contribution in [0.4, 0.5) is 4.79 Å². The first kappa shape index (κ1) is 24.9. The van der Waals surface area contributed by atoms with Crippen LogP contribution in [0.2, 0.25) is 0 Å². The fourth-order valence-electron chi connectivity index (χ4n) is 3.54. The van der Waals surface area contributed by atoms with Crippen molar-refractivity contribution in [1.29, 1.82) is 0 Å². The fraction of sp³-hybridized carbons (Fsp3) is 0.696. The van der Waals surface area contributed by atoms with Gasteiger partial charge in [0.2, 0.25) is 0 Å². The molecule has 0 bridgehead atoms. The lowest BCUT2D eigenvalue weighted by Gasteiger charge is -2.31. The van der Waals surface area contributed by atoms with Crippen LogP contribution in [0.3, 0.4) is 0 Å². The first-order valence-corrected chi connectivity index (χ1v) is 11.5. The van der Waals surface area contributed by atoms with Gasteiger partial charge in [0.25, 0.3) is 0 Å². The number of rotatable bonds is 13. The van der Waals surface area contributed by atoms with Crippen molar-refractivity contribution in [1.82, 2.24) is 10.6 Å². The van der Waals surface area contributed by atoms with Gasteiger partial charge in [-0.1, -0.05) is 50.6 Å². The third-order valence-corrected chi connectivity index (χ3v) is 5.73. The van der Waals surface area contributed by atoms with E-state index in [2.05, 4.69) is 36.6 Å². The SMILES string of the molecule is CC(C)(CCCCCl)CNC(Cc1ccccc1)[C@H](O)CNC(=O)O[C@H]1CCOC1. The van der Waals surface area contributed by atoms with Crippen LogP contribution in [0.25, 0.3) is 0 Å². The van der Waals surface area contributed by atoms with E-state index < -0.39 is 12.2 Å². The quantitative estimate of drug-likeness (QED) is 0.323. The minimum Gasteiger partial charge on any atom is -0.444 e. The number of aliphatic hydroxyl groups is 1. The number of carbonyl (C=O) groups excluding carboxylic acids is 1. The van der Waals surface area contributed by atoms with Gasteiger partial charge < -0.3 is 25.2 Å². The Kier molecular flexibility index (Phi) is 10.9. The maximum atomic E-state index is 12.0. The average molecular weight is 441 g/mol. The molecule has 30 heavy (non-hydrogen) atoms. The highest BCUT2D eigenvalue weighted by atomic mass is 35.5. The number of halogens is 1. The number of nitrogens with one attached hydrogen (secondary N) is 2. The number of carbonyl (C=O) groups is 1. The second-order valence-electron chi connectivity index (χ2n) is 8.83. The van der Waals surface area contributed by atoms with E-state index in [9.17, 15) is 9.90 Å². The number of ether oxygens (including phenoxy) is 2. The van der Waals surface area contributed by atoms with Gasteiger partial charge in [-0.05, 0) is 30.2 Å². The predicted octanol–water partition coefficient (Wildman–Crippen LogP) is 3.50. The van der Waals surface area contributed by atoms with Crippen molar-refractivity contribution in [3.8, 4) is 0 Å². The molecule has 170 valence electrons. The topological polar surface area (TPSA) is 79.8 Å². The molecule has 0 aromatic heterocycles. The van der Waals surface area contributed by atoms with E-state index in [-0.39, 0.29) is 24.1 Å². The number of hydrogen-bond acceptors (Lipinski definition) is 5. The highest BCUT2D eigenvalue weighted by Crippen LogP contribution is 2.23. The van der Waals surface area contributed by atoms with Crippen LogP contribution in [0.5, 0.6) is 0 Å². The smallest absolute Gasteiger partial charge is 0.407 e. The lowest BCUT2D eigenvalue weighted by atomic mass is 9.86. The second-order valence-corrected chi connectivity index (χ2v) is 9.20. The van der Waals surface area contributed by atoms with Crippen LogP contribution in [-0.4, -0.2) is 61.6 Å². The van der Waals surface area contributed by atoms with Crippen molar-refractivity contribution in [2.45, 2.75) is 64.2 Å². The molecule has 2 rings (SSSR count). The van der Waals surface area contributed by atoms with Gasteiger partial charge in [-0.3, -0.25) is 0 Å². The summed E-state index contributed by atoms with van der Waals surface area (Å²) in [6, 6.07) is 9.88. The van der Waals surface area contributed by atoms with Gasteiger partial charge in [0.05, 0.1) is 19.3 Å². The molecule has 1 heterocycles. The fourth-order valence-corrected chi connectivity index (χ4v) is 3.72. The molecule has 1 aliphatic rings. The molecule has 1 saturated heterocycles. The van der Waals surface area contributed by atoms with Crippen LogP contribution >= 0.6 is 11.6 Å². The van der Waals surface area contributed by atoms with Gasteiger partial charge in [-0.2, -0.15) is 0 Å². The Hall–Kier alpha value is -1.34. The molecule has 6 nitrogen and oxygen atoms in total. The number of aliphatic hydroxyl groups excluding tert-OH is 1. The number of amides is 1. The number of hydrogen-bond donors (Lipinski definition) is 3. The van der Waals surface area contributed by atoms with Crippen molar-refractivity contribution in [2.75, 3.05) is 32.2 Å². The third kappa shape index (κ3) is 9.65. The maximum Gasteiger partial charge on any atom is 0.407 e.